The molecule has 2 rings (SSSR count). The highest BCUT2D eigenvalue weighted by Gasteiger charge is 2.03. The zero-order chi connectivity index (χ0) is 14.9. The van der Waals surface area contributed by atoms with Crippen molar-refractivity contribution >= 4 is 17.7 Å². The third kappa shape index (κ3) is 6.05. The first-order chi connectivity index (χ1) is 10.2. The summed E-state index contributed by atoms with van der Waals surface area (Å²) >= 11 is 1.78. The van der Waals surface area contributed by atoms with Crippen molar-refractivity contribution in [3.05, 3.63) is 65.7 Å². The number of hydrogen-bond donors (Lipinski definition) is 0. The maximum absolute atomic E-state index is 11.6. The van der Waals surface area contributed by atoms with Crippen molar-refractivity contribution in [2.24, 2.45) is 0 Å². The quantitative estimate of drug-likeness (QED) is 0.424. The maximum atomic E-state index is 11.6. The third-order valence-electron chi connectivity index (χ3n) is 3.06. The summed E-state index contributed by atoms with van der Waals surface area (Å²) in [5.41, 5.74) is 2.30. The predicted octanol–water partition coefficient (Wildman–Crippen LogP) is 4.61. The van der Waals surface area contributed by atoms with Gasteiger partial charge in [0.2, 0.25) is 0 Å². The average Bonchev–Trinajstić information content (AvgIpc) is 2.52. The molecule has 0 fully saturated rings. The lowest BCUT2D eigenvalue weighted by Crippen LogP contribution is -2.04. The molecule has 0 unspecified atom stereocenters. The topological polar surface area (TPSA) is 26.3 Å². The number of carbonyl (C=O) groups excluding carboxylic acids is 1. The van der Waals surface area contributed by atoms with E-state index in [9.17, 15) is 4.79 Å². The molecule has 21 heavy (non-hydrogen) atoms. The van der Waals surface area contributed by atoms with Crippen molar-refractivity contribution in [3.8, 4) is 0 Å². The molecule has 0 aliphatic carbocycles. The predicted molar refractivity (Wildman–Crippen MR) is 87.4 cm³/mol. The molecule has 2 aromatic rings. The molecule has 0 aromatic heterocycles. The first-order valence-electron chi connectivity index (χ1n) is 7.13. The number of aryl methyl sites for hydroxylation is 1. The molecule has 0 saturated heterocycles. The second kappa shape index (κ2) is 8.53. The van der Waals surface area contributed by atoms with Gasteiger partial charge in [0.25, 0.3) is 0 Å². The molecule has 2 aromatic carbocycles. The van der Waals surface area contributed by atoms with Crippen LogP contribution in [0.25, 0.3) is 0 Å². The maximum Gasteiger partial charge on any atom is 0.306 e. The van der Waals surface area contributed by atoms with E-state index in [0.717, 1.165) is 17.7 Å². The fourth-order valence-corrected chi connectivity index (χ4v) is 2.70. The Balaban J connectivity index is 1.60. The molecule has 110 valence electrons. The van der Waals surface area contributed by atoms with Gasteiger partial charge in [-0.2, -0.15) is 0 Å². The van der Waals surface area contributed by atoms with E-state index in [0.29, 0.717) is 13.0 Å². The zero-order valence-electron chi connectivity index (χ0n) is 12.2. The fourth-order valence-electron chi connectivity index (χ4n) is 1.85. The van der Waals surface area contributed by atoms with Crippen LogP contribution in [-0.2, 0) is 16.1 Å². The fraction of sp³-hybridized carbons (Fsp3) is 0.278. The molecule has 0 aliphatic heterocycles. The van der Waals surface area contributed by atoms with Crippen LogP contribution >= 0.6 is 11.8 Å². The summed E-state index contributed by atoms with van der Waals surface area (Å²) in [6.45, 7) is 2.45. The highest BCUT2D eigenvalue weighted by atomic mass is 32.2. The minimum Gasteiger partial charge on any atom is -0.461 e. The summed E-state index contributed by atoms with van der Waals surface area (Å²) in [4.78, 5) is 12.9. The molecule has 0 saturated carbocycles. The van der Waals surface area contributed by atoms with E-state index in [2.05, 4.69) is 31.2 Å². The summed E-state index contributed by atoms with van der Waals surface area (Å²) in [6.07, 6.45) is 1.32. The summed E-state index contributed by atoms with van der Waals surface area (Å²) in [6, 6.07) is 18.2. The van der Waals surface area contributed by atoms with Gasteiger partial charge in [0, 0.05) is 11.3 Å². The van der Waals surface area contributed by atoms with Gasteiger partial charge in [0.1, 0.15) is 6.61 Å². The first kappa shape index (κ1) is 15.6. The molecule has 3 heteroatoms. The summed E-state index contributed by atoms with van der Waals surface area (Å²) < 4.78 is 5.25. The van der Waals surface area contributed by atoms with Gasteiger partial charge < -0.3 is 4.74 Å². The Bertz CT molecular complexity index is 549. The highest BCUT2D eigenvalue weighted by molar-refractivity contribution is 7.99. The molecular formula is C18H20O2S. The number of ether oxygens (including phenoxy) is 1. The number of hydrogen-bond acceptors (Lipinski definition) is 3. The highest BCUT2D eigenvalue weighted by Crippen LogP contribution is 2.19. The van der Waals surface area contributed by atoms with Gasteiger partial charge in [0.05, 0.1) is 0 Å². The number of benzene rings is 2. The number of thioether (sulfide) groups is 1. The molecule has 2 nitrogen and oxygen atoms in total. The van der Waals surface area contributed by atoms with Crippen LogP contribution in [0.5, 0.6) is 0 Å². The van der Waals surface area contributed by atoms with Gasteiger partial charge in [0.15, 0.2) is 0 Å². The van der Waals surface area contributed by atoms with Crippen molar-refractivity contribution in [2.45, 2.75) is 31.3 Å². The lowest BCUT2D eigenvalue weighted by atomic mass is 10.2. The smallest absolute Gasteiger partial charge is 0.306 e. The second-order valence-electron chi connectivity index (χ2n) is 4.91. The number of carbonyl (C=O) groups is 1. The van der Waals surface area contributed by atoms with Gasteiger partial charge in [-0.15, -0.1) is 11.8 Å². The van der Waals surface area contributed by atoms with E-state index < -0.39 is 0 Å². The van der Waals surface area contributed by atoms with Crippen LogP contribution < -0.4 is 0 Å². The van der Waals surface area contributed by atoms with Gasteiger partial charge in [-0.05, 0) is 36.8 Å². The molecule has 0 bridgehead atoms. The lowest BCUT2D eigenvalue weighted by molar-refractivity contribution is -0.144. The van der Waals surface area contributed by atoms with Crippen LogP contribution in [0.2, 0.25) is 0 Å². The summed E-state index contributed by atoms with van der Waals surface area (Å²) in [5.74, 6) is 0.812. The molecule has 0 amide bonds. The first-order valence-corrected chi connectivity index (χ1v) is 8.11. The normalized spacial score (nSPS) is 10.3. The van der Waals surface area contributed by atoms with Crippen molar-refractivity contribution in [3.63, 3.8) is 0 Å². The summed E-state index contributed by atoms with van der Waals surface area (Å²) in [5, 5.41) is 0. The van der Waals surface area contributed by atoms with Crippen LogP contribution in [0, 0.1) is 6.92 Å². The van der Waals surface area contributed by atoms with Crippen molar-refractivity contribution in [1.82, 2.24) is 0 Å². The van der Waals surface area contributed by atoms with E-state index in [1.807, 2.05) is 30.3 Å². The van der Waals surface area contributed by atoms with Gasteiger partial charge in [-0.1, -0.05) is 48.0 Å². The van der Waals surface area contributed by atoms with Gasteiger partial charge in [-0.3, -0.25) is 4.79 Å². The van der Waals surface area contributed by atoms with Crippen LogP contribution in [0.3, 0.4) is 0 Å². The van der Waals surface area contributed by atoms with Gasteiger partial charge in [-0.25, -0.2) is 0 Å². The average molecular weight is 300 g/mol. The minimum atomic E-state index is -0.122. The molecular weight excluding hydrogens is 280 g/mol. The Morgan fingerprint density at radius 1 is 1.05 bits per heavy atom. The third-order valence-corrected chi connectivity index (χ3v) is 4.16. The van der Waals surface area contributed by atoms with E-state index in [1.165, 1.54) is 10.5 Å². The van der Waals surface area contributed by atoms with Crippen LogP contribution in [0.4, 0.5) is 0 Å². The molecule has 0 radical (unpaired) electrons. The number of esters is 1. The van der Waals surface area contributed by atoms with Crippen molar-refractivity contribution < 1.29 is 9.53 Å². The Kier molecular flexibility index (Phi) is 6.35. The van der Waals surface area contributed by atoms with E-state index in [1.54, 1.807) is 11.8 Å². The second-order valence-corrected chi connectivity index (χ2v) is 6.08. The van der Waals surface area contributed by atoms with Crippen molar-refractivity contribution in [2.75, 3.05) is 5.75 Å². The van der Waals surface area contributed by atoms with Crippen LogP contribution in [0.1, 0.15) is 24.0 Å². The van der Waals surface area contributed by atoms with E-state index in [-0.39, 0.29) is 5.97 Å². The monoisotopic (exact) mass is 300 g/mol. The van der Waals surface area contributed by atoms with Crippen LogP contribution in [-0.4, -0.2) is 11.7 Å². The largest absolute Gasteiger partial charge is 0.461 e. The Morgan fingerprint density at radius 3 is 2.48 bits per heavy atom. The Hall–Kier alpha value is -1.74. The summed E-state index contributed by atoms with van der Waals surface area (Å²) in [7, 11) is 0. The minimum absolute atomic E-state index is 0.122. The lowest BCUT2D eigenvalue weighted by Gasteiger charge is -2.05. The molecule has 0 atom stereocenters. The SMILES string of the molecule is Cc1ccc(SCCCC(=O)OCc2ccccc2)cc1. The Labute approximate surface area is 130 Å². The molecule has 0 heterocycles. The molecule has 0 N–H and O–H groups in total. The Morgan fingerprint density at radius 2 is 1.76 bits per heavy atom. The standard InChI is InChI=1S/C18H20O2S/c1-15-9-11-17(12-10-15)21-13-5-8-18(19)20-14-16-6-3-2-4-7-16/h2-4,6-7,9-12H,5,8,13-14H2,1H3. The van der Waals surface area contributed by atoms with E-state index in [4.69, 9.17) is 4.74 Å². The van der Waals surface area contributed by atoms with Gasteiger partial charge >= 0.3 is 5.97 Å². The van der Waals surface area contributed by atoms with Crippen LogP contribution in [0.15, 0.2) is 59.5 Å². The van der Waals surface area contributed by atoms with Crippen molar-refractivity contribution in [1.29, 1.82) is 0 Å². The van der Waals surface area contributed by atoms with E-state index >= 15 is 0 Å². The molecule has 0 spiro atoms. The number of rotatable bonds is 7. The zero-order valence-corrected chi connectivity index (χ0v) is 13.1. The molecule has 0 aliphatic rings.